The second-order valence-electron chi connectivity index (χ2n) is 20.5. The standard InChI is InChI=1S/C77H116O6/c1-4-7-10-13-16-19-22-25-28-30-32-33-34-35-36-37-38-39-40-41-42-43-45-46-49-52-55-58-61-64-67-70-76(79)82-73-74(72-81-75(78)69-66-63-60-57-54-51-48-27-24-21-18-15-12-9-6-3)83-77(80)71-68-65-62-59-56-53-50-47-44-31-29-26-23-20-17-14-11-8-5-2/h7-12,16-21,25-29,32-33,35-36,38-39,41-42,44,47-48,53-54,56-57,62,65,74H,4-6,13-15,22-24,30-31,34,37,40,43,45-46,49-52,55,58-61,63-64,66-73H2,1-3H3/b10-7-,11-8-,12-9-,19-16-,20-17-,21-18-,28-25-,29-26-,33-32-,36-35-,39-38-,42-41-,47-44-,48-27-,56-53-,57-54-,65-62-. The average Bonchev–Trinajstić information content (AvgIpc) is 3.49. The van der Waals surface area contributed by atoms with Crippen molar-refractivity contribution in [3.05, 3.63) is 207 Å². The smallest absolute Gasteiger partial charge is 0.306 e. The number of carbonyl (C=O) groups excluding carboxylic acids is 3. The van der Waals surface area contributed by atoms with E-state index in [1.807, 2.05) is 12.2 Å². The van der Waals surface area contributed by atoms with E-state index in [-0.39, 0.29) is 38.0 Å². The van der Waals surface area contributed by atoms with Crippen LogP contribution < -0.4 is 0 Å². The molecule has 0 aliphatic heterocycles. The maximum Gasteiger partial charge on any atom is 0.306 e. The second-order valence-corrected chi connectivity index (χ2v) is 20.5. The van der Waals surface area contributed by atoms with Crippen molar-refractivity contribution in [1.29, 1.82) is 0 Å². The molecular weight excluding hydrogens is 1020 g/mol. The summed E-state index contributed by atoms with van der Waals surface area (Å²) in [4.78, 5) is 38.3. The molecule has 0 saturated carbocycles. The van der Waals surface area contributed by atoms with Crippen molar-refractivity contribution in [3.8, 4) is 0 Å². The normalized spacial score (nSPS) is 13.5. The summed E-state index contributed by atoms with van der Waals surface area (Å²) in [6.07, 6.45) is 106. The van der Waals surface area contributed by atoms with Crippen LogP contribution in [0.2, 0.25) is 0 Å². The molecule has 6 heteroatoms. The number of unbranched alkanes of at least 4 members (excludes halogenated alkanes) is 11. The van der Waals surface area contributed by atoms with E-state index in [1.165, 1.54) is 38.5 Å². The molecule has 0 spiro atoms. The van der Waals surface area contributed by atoms with Crippen molar-refractivity contribution < 1.29 is 28.6 Å². The highest BCUT2D eigenvalue weighted by Gasteiger charge is 2.19. The zero-order valence-electron chi connectivity index (χ0n) is 52.6. The van der Waals surface area contributed by atoms with Crippen molar-refractivity contribution in [2.45, 2.75) is 245 Å². The number of ether oxygens (including phenoxy) is 3. The van der Waals surface area contributed by atoms with E-state index in [0.717, 1.165) is 148 Å². The molecule has 0 aromatic heterocycles. The molecule has 6 nitrogen and oxygen atoms in total. The Morgan fingerprint density at radius 2 is 0.458 bits per heavy atom. The van der Waals surface area contributed by atoms with Gasteiger partial charge in [0.1, 0.15) is 13.2 Å². The molecule has 0 amide bonds. The Bertz CT molecular complexity index is 2030. The van der Waals surface area contributed by atoms with Gasteiger partial charge in [-0.1, -0.05) is 272 Å². The van der Waals surface area contributed by atoms with Gasteiger partial charge in [0.15, 0.2) is 6.10 Å². The number of allylic oxidation sites excluding steroid dienone is 34. The summed E-state index contributed by atoms with van der Waals surface area (Å²) in [5, 5.41) is 0. The fourth-order valence-electron chi connectivity index (χ4n) is 8.03. The van der Waals surface area contributed by atoms with Crippen LogP contribution in [-0.2, 0) is 28.6 Å². The third kappa shape index (κ3) is 66.7. The average molecular weight is 1140 g/mol. The summed E-state index contributed by atoms with van der Waals surface area (Å²) in [7, 11) is 0. The molecule has 0 aliphatic rings. The van der Waals surface area contributed by atoms with Crippen molar-refractivity contribution in [1.82, 2.24) is 0 Å². The Morgan fingerprint density at radius 3 is 0.747 bits per heavy atom. The number of carbonyl (C=O) groups is 3. The molecule has 460 valence electrons. The Balaban J connectivity index is 4.48. The summed E-state index contributed by atoms with van der Waals surface area (Å²) in [5.41, 5.74) is 0. The minimum Gasteiger partial charge on any atom is -0.462 e. The van der Waals surface area contributed by atoms with Crippen LogP contribution in [0.1, 0.15) is 239 Å². The van der Waals surface area contributed by atoms with E-state index in [0.29, 0.717) is 19.3 Å². The molecule has 0 aromatic carbocycles. The first-order chi connectivity index (χ1) is 41.0. The maximum absolute atomic E-state index is 12.9. The Kier molecular flexibility index (Phi) is 63.5. The highest BCUT2D eigenvalue weighted by atomic mass is 16.6. The summed E-state index contributed by atoms with van der Waals surface area (Å²) in [5.74, 6) is -1.08. The van der Waals surface area contributed by atoms with E-state index in [1.54, 1.807) is 0 Å². The van der Waals surface area contributed by atoms with Gasteiger partial charge in [-0.2, -0.15) is 0 Å². The molecule has 0 radical (unpaired) electrons. The lowest BCUT2D eigenvalue weighted by molar-refractivity contribution is -0.166. The second kappa shape index (κ2) is 68.5. The van der Waals surface area contributed by atoms with Gasteiger partial charge in [-0.15, -0.1) is 0 Å². The number of esters is 3. The molecule has 0 aromatic rings. The minimum atomic E-state index is -0.852. The molecular formula is C77H116O6. The third-order valence-corrected chi connectivity index (χ3v) is 12.8. The summed E-state index contributed by atoms with van der Waals surface area (Å²) in [6, 6.07) is 0. The van der Waals surface area contributed by atoms with Gasteiger partial charge in [-0.3, -0.25) is 14.4 Å². The van der Waals surface area contributed by atoms with Crippen LogP contribution in [0.4, 0.5) is 0 Å². The lowest BCUT2D eigenvalue weighted by Gasteiger charge is -2.18. The van der Waals surface area contributed by atoms with Crippen molar-refractivity contribution in [2.75, 3.05) is 13.2 Å². The summed E-state index contributed by atoms with van der Waals surface area (Å²) in [6.45, 7) is 6.18. The molecule has 1 atom stereocenters. The lowest BCUT2D eigenvalue weighted by atomic mass is 10.1. The number of rotatable bonds is 56. The van der Waals surface area contributed by atoms with E-state index < -0.39 is 12.1 Å². The van der Waals surface area contributed by atoms with Crippen LogP contribution in [0.5, 0.6) is 0 Å². The highest BCUT2D eigenvalue weighted by Crippen LogP contribution is 2.13. The molecule has 0 aliphatic carbocycles. The minimum absolute atomic E-state index is 0.136. The molecule has 0 saturated heterocycles. The van der Waals surface area contributed by atoms with Crippen molar-refractivity contribution in [2.24, 2.45) is 0 Å². The van der Waals surface area contributed by atoms with Gasteiger partial charge in [0.2, 0.25) is 0 Å². The van der Waals surface area contributed by atoms with Crippen LogP contribution in [0.15, 0.2) is 207 Å². The molecule has 83 heavy (non-hydrogen) atoms. The van der Waals surface area contributed by atoms with Gasteiger partial charge in [0, 0.05) is 19.3 Å². The molecule has 0 fully saturated rings. The van der Waals surface area contributed by atoms with E-state index in [9.17, 15) is 14.4 Å². The topological polar surface area (TPSA) is 78.9 Å². The summed E-state index contributed by atoms with van der Waals surface area (Å²) >= 11 is 0. The predicted molar refractivity (Wildman–Crippen MR) is 361 cm³/mol. The summed E-state index contributed by atoms with van der Waals surface area (Å²) < 4.78 is 16.8. The van der Waals surface area contributed by atoms with Crippen molar-refractivity contribution in [3.63, 3.8) is 0 Å². The van der Waals surface area contributed by atoms with E-state index in [2.05, 4.69) is 215 Å². The lowest BCUT2D eigenvalue weighted by Crippen LogP contribution is -2.30. The zero-order chi connectivity index (χ0) is 59.9. The van der Waals surface area contributed by atoms with Gasteiger partial charge < -0.3 is 14.2 Å². The van der Waals surface area contributed by atoms with E-state index >= 15 is 0 Å². The van der Waals surface area contributed by atoms with Crippen LogP contribution in [0, 0.1) is 0 Å². The van der Waals surface area contributed by atoms with E-state index in [4.69, 9.17) is 14.2 Å². The van der Waals surface area contributed by atoms with Crippen LogP contribution >= 0.6 is 0 Å². The van der Waals surface area contributed by atoms with Crippen molar-refractivity contribution >= 4 is 17.9 Å². The molecule has 1 unspecified atom stereocenters. The number of hydrogen-bond donors (Lipinski definition) is 0. The predicted octanol–water partition coefficient (Wildman–Crippen LogP) is 22.8. The van der Waals surface area contributed by atoms with Crippen LogP contribution in [0.3, 0.4) is 0 Å². The zero-order valence-corrected chi connectivity index (χ0v) is 52.6. The quantitative estimate of drug-likeness (QED) is 0.0261. The van der Waals surface area contributed by atoms with Crippen LogP contribution in [0.25, 0.3) is 0 Å². The third-order valence-electron chi connectivity index (χ3n) is 12.8. The van der Waals surface area contributed by atoms with Gasteiger partial charge in [0.25, 0.3) is 0 Å². The van der Waals surface area contributed by atoms with Gasteiger partial charge in [0.05, 0.1) is 0 Å². The monoisotopic (exact) mass is 1140 g/mol. The highest BCUT2D eigenvalue weighted by molar-refractivity contribution is 5.71. The first-order valence-corrected chi connectivity index (χ1v) is 32.6. The first-order valence-electron chi connectivity index (χ1n) is 32.6. The molecule has 0 bridgehead atoms. The Hall–Kier alpha value is -6.01. The largest absolute Gasteiger partial charge is 0.462 e. The Labute approximate surface area is 509 Å². The molecule has 0 heterocycles. The fourth-order valence-corrected chi connectivity index (χ4v) is 8.03. The van der Waals surface area contributed by atoms with Gasteiger partial charge in [-0.05, 0) is 154 Å². The molecule has 0 N–H and O–H groups in total. The van der Waals surface area contributed by atoms with Crippen LogP contribution in [-0.4, -0.2) is 37.2 Å². The number of hydrogen-bond acceptors (Lipinski definition) is 6. The first kappa shape index (κ1) is 77.0. The fraction of sp³-hybridized carbons (Fsp3) is 0.519. The Morgan fingerprint density at radius 1 is 0.241 bits per heavy atom. The molecule has 0 rings (SSSR count). The van der Waals surface area contributed by atoms with Gasteiger partial charge >= 0.3 is 17.9 Å². The van der Waals surface area contributed by atoms with Gasteiger partial charge in [-0.25, -0.2) is 0 Å². The SMILES string of the molecule is CC/C=C\C/C=C\C/C=C\C/C=C\C/C=C\C/C=C\C/C=C\CCCCCCCCCCCC(=O)OCC(COC(=O)CCCC/C=C\C/C=C\C/C=C\C/C=C\CC)OC(=O)CC/C=C\C/C=C\C/C=C\C/C=C\C/C=C\C/C=C\CC. The maximum atomic E-state index is 12.9.